The molecule has 2 aromatic carbocycles. The number of halogens is 1. The molecule has 0 aliphatic heterocycles. The van der Waals surface area contributed by atoms with E-state index in [1.807, 2.05) is 0 Å². The molecule has 0 fully saturated rings. The molecular formula is C23H17ClN8O. The lowest BCUT2D eigenvalue weighted by molar-refractivity contribution is 0.888. The normalized spacial score (nSPS) is 11.1. The number of nitrogens with one attached hydrogen (secondary N) is 1. The number of anilines is 1. The minimum absolute atomic E-state index is 0.0694. The maximum atomic E-state index is 13.6. The second-order valence-electron chi connectivity index (χ2n) is 7.28. The third kappa shape index (κ3) is 3.60. The zero-order chi connectivity index (χ0) is 23.1. The Morgan fingerprint density at radius 3 is 2.48 bits per heavy atom. The predicted molar refractivity (Wildman–Crippen MR) is 128 cm³/mol. The molecule has 9 nitrogen and oxygen atoms in total. The highest BCUT2D eigenvalue weighted by Gasteiger charge is 2.19. The van der Waals surface area contributed by atoms with Crippen molar-refractivity contribution in [2.24, 2.45) is 5.73 Å². The minimum Gasteiger partial charge on any atom is -0.384 e. The van der Waals surface area contributed by atoms with Crippen molar-refractivity contribution in [3.05, 3.63) is 94.0 Å². The first-order chi connectivity index (χ1) is 15.9. The highest BCUT2D eigenvalue weighted by Crippen LogP contribution is 2.24. The molecule has 5 N–H and O–H groups in total. The molecule has 0 spiro atoms. The Morgan fingerprint density at radius 1 is 1.00 bits per heavy atom. The van der Waals surface area contributed by atoms with Gasteiger partial charge in [0.15, 0.2) is 11.5 Å². The average molecular weight is 457 g/mol. The fourth-order valence-corrected chi connectivity index (χ4v) is 3.65. The van der Waals surface area contributed by atoms with Crippen LogP contribution in [0.5, 0.6) is 0 Å². The predicted octanol–water partition coefficient (Wildman–Crippen LogP) is 3.15. The lowest BCUT2D eigenvalue weighted by Crippen LogP contribution is -2.22. The molecule has 0 atom stereocenters. The SMILES string of the molecule is N=C(N)c1cccc(-n2ncc3c(=O)n(-c4ccc(Cl)cc4)c(-c4ccc(N)nc4)nc32)c1. The van der Waals surface area contributed by atoms with E-state index in [0.717, 1.165) is 0 Å². The fourth-order valence-electron chi connectivity index (χ4n) is 3.52. The average Bonchev–Trinajstić information content (AvgIpc) is 3.25. The molecule has 0 saturated carbocycles. The van der Waals surface area contributed by atoms with Gasteiger partial charge in [0.25, 0.3) is 5.56 Å². The van der Waals surface area contributed by atoms with Gasteiger partial charge < -0.3 is 11.5 Å². The van der Waals surface area contributed by atoms with E-state index in [1.54, 1.807) is 71.5 Å². The van der Waals surface area contributed by atoms with Crippen molar-refractivity contribution >= 4 is 34.3 Å². The summed E-state index contributed by atoms with van der Waals surface area (Å²) in [6.45, 7) is 0. The molecular weight excluding hydrogens is 440 g/mol. The van der Waals surface area contributed by atoms with E-state index in [1.165, 1.54) is 10.8 Å². The highest BCUT2D eigenvalue weighted by molar-refractivity contribution is 6.30. The maximum Gasteiger partial charge on any atom is 0.269 e. The van der Waals surface area contributed by atoms with Gasteiger partial charge in [0.05, 0.1) is 17.6 Å². The second-order valence-corrected chi connectivity index (χ2v) is 7.72. The molecule has 5 aromatic rings. The third-order valence-electron chi connectivity index (χ3n) is 5.13. The molecule has 0 bridgehead atoms. The number of hydrogen-bond acceptors (Lipinski definition) is 6. The molecule has 0 amide bonds. The number of nitrogen functional groups attached to an aromatic ring is 2. The summed E-state index contributed by atoms with van der Waals surface area (Å²) in [5, 5.41) is 13.0. The van der Waals surface area contributed by atoms with Crippen molar-refractivity contribution in [3.8, 4) is 22.8 Å². The van der Waals surface area contributed by atoms with Crippen LogP contribution in [0.2, 0.25) is 5.02 Å². The van der Waals surface area contributed by atoms with Crippen LogP contribution in [-0.4, -0.2) is 30.2 Å². The van der Waals surface area contributed by atoms with Gasteiger partial charge in [-0.1, -0.05) is 23.7 Å². The van der Waals surface area contributed by atoms with Crippen LogP contribution in [0.15, 0.2) is 77.9 Å². The summed E-state index contributed by atoms with van der Waals surface area (Å²) in [4.78, 5) is 22.6. The van der Waals surface area contributed by atoms with Crippen LogP contribution in [0.25, 0.3) is 33.8 Å². The first-order valence-electron chi connectivity index (χ1n) is 9.86. The molecule has 0 unspecified atom stereocenters. The molecule has 0 saturated heterocycles. The number of amidine groups is 1. The molecule has 3 heterocycles. The Balaban J connectivity index is 1.82. The van der Waals surface area contributed by atoms with Crippen molar-refractivity contribution in [2.45, 2.75) is 0 Å². The molecule has 5 rings (SSSR count). The first kappa shape index (κ1) is 20.4. The van der Waals surface area contributed by atoms with Crippen LogP contribution in [-0.2, 0) is 0 Å². The van der Waals surface area contributed by atoms with Crippen LogP contribution in [0.1, 0.15) is 5.56 Å². The lowest BCUT2D eigenvalue weighted by atomic mass is 10.2. The number of rotatable bonds is 4. The van der Waals surface area contributed by atoms with E-state index in [4.69, 9.17) is 33.5 Å². The Kier molecular flexibility index (Phi) is 4.87. The number of benzene rings is 2. The third-order valence-corrected chi connectivity index (χ3v) is 5.38. The minimum atomic E-state index is -0.303. The fraction of sp³-hybridized carbons (Fsp3) is 0. The molecule has 162 valence electrons. The van der Waals surface area contributed by atoms with Gasteiger partial charge in [0, 0.05) is 22.3 Å². The van der Waals surface area contributed by atoms with Gasteiger partial charge in [-0.05, 0) is 48.5 Å². The number of pyridine rings is 1. The van der Waals surface area contributed by atoms with E-state index in [9.17, 15) is 4.79 Å². The smallest absolute Gasteiger partial charge is 0.269 e. The monoisotopic (exact) mass is 456 g/mol. The van der Waals surface area contributed by atoms with E-state index < -0.39 is 0 Å². The van der Waals surface area contributed by atoms with Gasteiger partial charge >= 0.3 is 0 Å². The number of nitrogens with zero attached hydrogens (tertiary/aromatic N) is 5. The Morgan fingerprint density at radius 2 is 1.79 bits per heavy atom. The van der Waals surface area contributed by atoms with Crippen molar-refractivity contribution in [3.63, 3.8) is 0 Å². The second kappa shape index (κ2) is 7.88. The van der Waals surface area contributed by atoms with Crippen molar-refractivity contribution in [2.75, 3.05) is 5.73 Å². The zero-order valence-electron chi connectivity index (χ0n) is 17.1. The largest absolute Gasteiger partial charge is 0.384 e. The summed E-state index contributed by atoms with van der Waals surface area (Å²) in [5.74, 6) is 0.651. The summed E-state index contributed by atoms with van der Waals surface area (Å²) in [5.41, 5.74) is 13.8. The summed E-state index contributed by atoms with van der Waals surface area (Å²) < 4.78 is 3.04. The summed E-state index contributed by atoms with van der Waals surface area (Å²) >= 11 is 6.05. The lowest BCUT2D eigenvalue weighted by Gasteiger charge is -2.13. The van der Waals surface area contributed by atoms with Crippen LogP contribution in [0.3, 0.4) is 0 Å². The highest BCUT2D eigenvalue weighted by atomic mass is 35.5. The van der Waals surface area contributed by atoms with Gasteiger partial charge in [-0.25, -0.2) is 14.6 Å². The maximum absolute atomic E-state index is 13.6. The van der Waals surface area contributed by atoms with E-state index in [-0.39, 0.29) is 11.4 Å². The topological polar surface area (TPSA) is 141 Å². The Labute approximate surface area is 192 Å². The summed E-state index contributed by atoms with van der Waals surface area (Å²) in [6.07, 6.45) is 3.04. The van der Waals surface area contributed by atoms with Gasteiger partial charge in [0.1, 0.15) is 17.0 Å². The van der Waals surface area contributed by atoms with Crippen molar-refractivity contribution in [1.29, 1.82) is 5.41 Å². The summed E-state index contributed by atoms with van der Waals surface area (Å²) in [7, 11) is 0. The quantitative estimate of drug-likeness (QED) is 0.280. The molecule has 10 heteroatoms. The first-order valence-corrected chi connectivity index (χ1v) is 10.2. The van der Waals surface area contributed by atoms with Crippen LogP contribution < -0.4 is 17.0 Å². The van der Waals surface area contributed by atoms with Crippen LogP contribution >= 0.6 is 11.6 Å². The van der Waals surface area contributed by atoms with E-state index >= 15 is 0 Å². The van der Waals surface area contributed by atoms with Gasteiger partial charge in [-0.15, -0.1) is 0 Å². The van der Waals surface area contributed by atoms with Crippen molar-refractivity contribution < 1.29 is 0 Å². The Bertz CT molecular complexity index is 1570. The molecule has 3 aromatic heterocycles. The number of aromatic nitrogens is 5. The van der Waals surface area contributed by atoms with Crippen molar-refractivity contribution in [1.82, 2.24) is 24.3 Å². The molecule has 33 heavy (non-hydrogen) atoms. The molecule has 0 radical (unpaired) electrons. The van der Waals surface area contributed by atoms with Gasteiger partial charge in [-0.3, -0.25) is 14.8 Å². The number of fused-ring (bicyclic) bond motifs is 1. The molecule has 0 aliphatic rings. The standard InChI is InChI=1S/C23H17ClN8O/c24-15-5-7-16(8-6-15)31-21(14-4-9-19(25)28-11-14)30-22-18(23(31)33)12-29-32(22)17-3-1-2-13(10-17)20(26)27/h1-12H,(H2,25,28)(H3,26,27). The zero-order valence-corrected chi connectivity index (χ0v) is 17.9. The number of hydrogen-bond donors (Lipinski definition) is 3. The number of nitrogens with two attached hydrogens (primary N) is 2. The molecule has 0 aliphatic carbocycles. The van der Waals surface area contributed by atoms with Crippen LogP contribution in [0.4, 0.5) is 5.82 Å². The van der Waals surface area contributed by atoms with Gasteiger partial charge in [-0.2, -0.15) is 5.10 Å². The van der Waals surface area contributed by atoms with Gasteiger partial charge in [0.2, 0.25) is 0 Å². The van der Waals surface area contributed by atoms with E-state index in [0.29, 0.717) is 50.2 Å². The van der Waals surface area contributed by atoms with Crippen LogP contribution in [0, 0.1) is 5.41 Å². The van der Waals surface area contributed by atoms with E-state index in [2.05, 4.69) is 10.1 Å². The summed E-state index contributed by atoms with van der Waals surface area (Å²) in [6, 6.07) is 17.3. The Hall–Kier alpha value is -4.50.